The van der Waals surface area contributed by atoms with Gasteiger partial charge in [0.15, 0.2) is 0 Å². The quantitative estimate of drug-likeness (QED) is 0.269. The van der Waals surface area contributed by atoms with E-state index in [9.17, 15) is 22.8 Å². The first kappa shape index (κ1) is 26.2. The molecule has 0 aliphatic rings. The molecule has 2 aromatic carbocycles. The summed E-state index contributed by atoms with van der Waals surface area (Å²) in [7, 11) is 0. The molecule has 1 unspecified atom stereocenters. The van der Waals surface area contributed by atoms with Crippen molar-refractivity contribution < 1.29 is 27.5 Å². The Labute approximate surface area is 206 Å². The van der Waals surface area contributed by atoms with Crippen molar-refractivity contribution in [1.82, 2.24) is 9.88 Å². The molecule has 35 heavy (non-hydrogen) atoms. The number of alkyl halides is 3. The number of carbonyl (C=O) groups excluding carboxylic acids is 2. The lowest BCUT2D eigenvalue weighted by molar-refractivity contribution is -0.145. The van der Waals surface area contributed by atoms with Crippen molar-refractivity contribution in [3.05, 3.63) is 88.2 Å². The third-order valence-corrected chi connectivity index (χ3v) is 5.73. The van der Waals surface area contributed by atoms with Gasteiger partial charge in [-0.25, -0.2) is 4.98 Å². The molecule has 0 bridgehead atoms. The number of pyridine rings is 1. The number of hydrogen-bond acceptors (Lipinski definition) is 4. The van der Waals surface area contributed by atoms with Gasteiger partial charge >= 0.3 is 12.1 Å². The average molecular weight is 505 g/mol. The van der Waals surface area contributed by atoms with Crippen LogP contribution in [0.5, 0.6) is 0 Å². The van der Waals surface area contributed by atoms with E-state index in [2.05, 4.69) is 4.98 Å². The summed E-state index contributed by atoms with van der Waals surface area (Å²) in [6.45, 7) is 4.44. The zero-order valence-corrected chi connectivity index (χ0v) is 20.2. The fourth-order valence-electron chi connectivity index (χ4n) is 3.68. The van der Waals surface area contributed by atoms with Gasteiger partial charge in [0, 0.05) is 44.3 Å². The molecule has 1 atom stereocenters. The molecule has 3 rings (SSSR count). The van der Waals surface area contributed by atoms with Crippen LogP contribution in [0, 0.1) is 0 Å². The van der Waals surface area contributed by atoms with Crippen LogP contribution in [0.2, 0.25) is 5.15 Å². The number of rotatable bonds is 7. The molecular weight excluding hydrogens is 481 g/mol. The second-order valence-corrected chi connectivity index (χ2v) is 8.44. The van der Waals surface area contributed by atoms with Crippen LogP contribution in [0.3, 0.4) is 0 Å². The van der Waals surface area contributed by atoms with Gasteiger partial charge in [-0.05, 0) is 41.8 Å². The van der Waals surface area contributed by atoms with E-state index in [0.29, 0.717) is 22.3 Å². The van der Waals surface area contributed by atoms with Gasteiger partial charge in [0.25, 0.3) is 0 Å². The van der Waals surface area contributed by atoms with Gasteiger partial charge in [-0.1, -0.05) is 48.0 Å². The van der Waals surface area contributed by atoms with E-state index in [0.717, 1.165) is 17.7 Å². The minimum atomic E-state index is -4.55. The first-order valence-electron chi connectivity index (χ1n) is 10.8. The third-order valence-electron chi connectivity index (χ3n) is 5.41. The van der Waals surface area contributed by atoms with Crippen molar-refractivity contribution in [2.45, 2.75) is 46.1 Å². The molecular formula is C26H24ClF3N2O3. The van der Waals surface area contributed by atoms with Crippen LogP contribution < -0.4 is 0 Å². The number of ether oxygens (including phenoxy) is 1. The maximum Gasteiger partial charge on any atom is 0.416 e. The zero-order valence-electron chi connectivity index (χ0n) is 19.4. The average Bonchev–Trinajstić information content (AvgIpc) is 2.78. The first-order chi connectivity index (χ1) is 16.5. The molecule has 0 radical (unpaired) electrons. The second kappa shape index (κ2) is 10.9. The van der Waals surface area contributed by atoms with E-state index in [4.69, 9.17) is 16.3 Å². The molecule has 0 fully saturated rings. The van der Waals surface area contributed by atoms with Gasteiger partial charge in [-0.3, -0.25) is 9.59 Å². The van der Waals surface area contributed by atoms with E-state index in [-0.39, 0.29) is 24.1 Å². The van der Waals surface area contributed by atoms with E-state index in [1.54, 1.807) is 13.0 Å². The maximum atomic E-state index is 13.5. The molecule has 0 saturated carbocycles. The fourth-order valence-corrected chi connectivity index (χ4v) is 3.94. The number of aromatic nitrogens is 1. The van der Waals surface area contributed by atoms with Crippen molar-refractivity contribution in [1.29, 1.82) is 0 Å². The number of benzene rings is 2. The highest BCUT2D eigenvalue weighted by Crippen LogP contribution is 2.36. The summed E-state index contributed by atoms with van der Waals surface area (Å²) in [5, 5.41) is 0.116. The highest BCUT2D eigenvalue weighted by atomic mass is 35.5. The summed E-state index contributed by atoms with van der Waals surface area (Å²) in [6.07, 6.45) is -3.83. The molecule has 0 N–H and O–H groups in total. The van der Waals surface area contributed by atoms with Crippen molar-refractivity contribution in [3.63, 3.8) is 0 Å². The zero-order chi connectivity index (χ0) is 25.8. The van der Waals surface area contributed by atoms with Crippen molar-refractivity contribution in [2.24, 2.45) is 0 Å². The molecule has 3 aromatic rings. The minimum absolute atomic E-state index is 0.0546. The number of nitrogens with zero attached hydrogens (tertiary/aromatic N) is 2. The predicted octanol–water partition coefficient (Wildman–Crippen LogP) is 6.59. The molecule has 0 saturated heterocycles. The van der Waals surface area contributed by atoms with Crippen LogP contribution in [0.1, 0.15) is 49.1 Å². The summed E-state index contributed by atoms with van der Waals surface area (Å²) >= 11 is 6.20. The van der Waals surface area contributed by atoms with Gasteiger partial charge in [-0.2, -0.15) is 13.2 Å². The summed E-state index contributed by atoms with van der Waals surface area (Å²) in [5.74, 6) is -0.789. The number of esters is 1. The molecule has 0 aliphatic heterocycles. The largest absolute Gasteiger partial charge is 0.458 e. The molecule has 9 heteroatoms. The summed E-state index contributed by atoms with van der Waals surface area (Å²) in [4.78, 5) is 29.4. The summed E-state index contributed by atoms with van der Waals surface area (Å²) in [5.41, 5.74) is 1.67. The van der Waals surface area contributed by atoms with Crippen LogP contribution in [0.15, 0.2) is 60.8 Å². The van der Waals surface area contributed by atoms with Gasteiger partial charge in [0.1, 0.15) is 11.3 Å². The summed E-state index contributed by atoms with van der Waals surface area (Å²) in [6, 6.07) is 14.2. The first-order valence-corrected chi connectivity index (χ1v) is 11.2. The van der Waals surface area contributed by atoms with Gasteiger partial charge in [0.2, 0.25) is 5.91 Å². The fraction of sp³-hybridized carbons (Fsp3) is 0.269. The molecule has 1 aromatic heterocycles. The third kappa shape index (κ3) is 6.82. The predicted molar refractivity (Wildman–Crippen MR) is 126 cm³/mol. The van der Waals surface area contributed by atoms with Crippen molar-refractivity contribution in [2.75, 3.05) is 0 Å². The Morgan fingerprint density at radius 3 is 2.34 bits per heavy atom. The lowest BCUT2D eigenvalue weighted by Crippen LogP contribution is -2.28. The Balaban J connectivity index is 2.07. The normalized spacial score (nSPS) is 12.2. The van der Waals surface area contributed by atoms with Crippen LogP contribution in [-0.4, -0.2) is 21.8 Å². The molecule has 5 nitrogen and oxygen atoms in total. The molecule has 1 heterocycles. The Hall–Kier alpha value is -3.39. The van der Waals surface area contributed by atoms with E-state index in [1.807, 2.05) is 30.3 Å². The van der Waals surface area contributed by atoms with Crippen molar-refractivity contribution in [3.8, 4) is 11.1 Å². The number of carbonyl (C=O) groups is 2. The van der Waals surface area contributed by atoms with Gasteiger partial charge in [0.05, 0.1) is 5.56 Å². The monoisotopic (exact) mass is 504 g/mol. The highest BCUT2D eigenvalue weighted by molar-refractivity contribution is 6.30. The number of halogens is 4. The Kier molecular flexibility index (Phi) is 8.17. The standard InChI is InChI=1S/C26H24ClF3N2O3/c1-16(35-18(3)34)24-12-20(13-31-25(24)27)23-10-9-22(26(28,29)30)11-21(23)15-32(17(2)33)14-19-7-5-4-6-8-19/h4-13,16H,14-15H2,1-3H3. The Bertz CT molecular complexity index is 1220. The van der Waals surface area contributed by atoms with Crippen LogP contribution in [-0.2, 0) is 33.6 Å². The summed E-state index contributed by atoms with van der Waals surface area (Å²) < 4.78 is 45.8. The Morgan fingerprint density at radius 1 is 1.06 bits per heavy atom. The number of hydrogen-bond donors (Lipinski definition) is 0. The van der Waals surface area contributed by atoms with E-state index in [1.165, 1.54) is 31.0 Å². The number of amides is 1. The lowest BCUT2D eigenvalue weighted by Gasteiger charge is -2.24. The van der Waals surface area contributed by atoms with E-state index >= 15 is 0 Å². The minimum Gasteiger partial charge on any atom is -0.458 e. The van der Waals surface area contributed by atoms with E-state index < -0.39 is 23.8 Å². The highest BCUT2D eigenvalue weighted by Gasteiger charge is 2.31. The van der Waals surface area contributed by atoms with Crippen LogP contribution in [0.4, 0.5) is 13.2 Å². The van der Waals surface area contributed by atoms with Crippen LogP contribution in [0.25, 0.3) is 11.1 Å². The van der Waals surface area contributed by atoms with Gasteiger partial charge < -0.3 is 9.64 Å². The van der Waals surface area contributed by atoms with Gasteiger partial charge in [-0.15, -0.1) is 0 Å². The SMILES string of the molecule is CC(=O)OC(C)c1cc(-c2ccc(C(F)(F)F)cc2CN(Cc2ccccc2)C(C)=O)cnc1Cl. The molecule has 184 valence electrons. The smallest absolute Gasteiger partial charge is 0.416 e. The maximum absolute atomic E-state index is 13.5. The molecule has 1 amide bonds. The van der Waals surface area contributed by atoms with Crippen LogP contribution >= 0.6 is 11.6 Å². The lowest BCUT2D eigenvalue weighted by atomic mass is 9.96. The van der Waals surface area contributed by atoms with Crippen molar-refractivity contribution >= 4 is 23.5 Å². The topological polar surface area (TPSA) is 59.5 Å². The molecule has 0 aliphatic carbocycles. The second-order valence-electron chi connectivity index (χ2n) is 8.09. The molecule has 0 spiro atoms. The Morgan fingerprint density at radius 2 is 1.74 bits per heavy atom.